The third kappa shape index (κ3) is 7.83. The number of nitrogens with one attached hydrogen (secondary N) is 1. The van der Waals surface area contributed by atoms with Crippen LogP contribution in [0.5, 0.6) is 0 Å². The van der Waals surface area contributed by atoms with Crippen LogP contribution in [0.15, 0.2) is 126 Å². The number of hydrogen-bond acceptors (Lipinski definition) is 4. The van der Waals surface area contributed by atoms with E-state index in [0.717, 1.165) is 21.9 Å². The zero-order valence-corrected chi connectivity index (χ0v) is 23.9. The maximum absolute atomic E-state index is 14.3. The number of hydrogen-bond donors (Lipinski definition) is 1. The molecule has 4 aromatic rings. The number of amides is 2. The highest BCUT2D eigenvalue weighted by Gasteiger charge is 2.34. The molecule has 7 nitrogen and oxygen atoms in total. The summed E-state index contributed by atoms with van der Waals surface area (Å²) in [5.41, 5.74) is 2.09. The van der Waals surface area contributed by atoms with Crippen molar-refractivity contribution in [1.82, 2.24) is 10.2 Å². The normalized spacial score (nSPS) is 11.8. The Hall–Kier alpha value is -4.43. The van der Waals surface area contributed by atoms with Gasteiger partial charge in [-0.2, -0.15) is 0 Å². The molecule has 0 saturated carbocycles. The Labute approximate surface area is 242 Å². The molecule has 0 aromatic heterocycles. The van der Waals surface area contributed by atoms with Crippen LogP contribution in [0.1, 0.15) is 24.5 Å². The smallest absolute Gasteiger partial charge is 0.264 e. The molecule has 4 rings (SSSR count). The minimum absolute atomic E-state index is 0.0767. The van der Waals surface area contributed by atoms with Crippen molar-refractivity contribution in [2.45, 2.75) is 37.2 Å². The fourth-order valence-corrected chi connectivity index (χ4v) is 5.98. The quantitative estimate of drug-likeness (QED) is 0.244. The second kappa shape index (κ2) is 14.3. The third-order valence-electron chi connectivity index (χ3n) is 6.67. The number of nitrogens with zero attached hydrogens (tertiary/aromatic N) is 2. The van der Waals surface area contributed by atoms with Gasteiger partial charge in [-0.1, -0.05) is 104 Å². The minimum Gasteiger partial charge on any atom is -0.354 e. The number of anilines is 1. The average Bonchev–Trinajstić information content (AvgIpc) is 3.02. The second-order valence-corrected chi connectivity index (χ2v) is 11.5. The molecular weight excluding hydrogens is 534 g/mol. The topological polar surface area (TPSA) is 86.8 Å². The highest BCUT2D eigenvalue weighted by atomic mass is 32.2. The van der Waals surface area contributed by atoms with Crippen LogP contribution in [0.4, 0.5) is 5.69 Å². The predicted octanol–water partition coefficient (Wildman–Crippen LogP) is 5.05. The highest BCUT2D eigenvalue weighted by molar-refractivity contribution is 7.92. The van der Waals surface area contributed by atoms with Crippen LogP contribution in [-0.4, -0.2) is 44.3 Å². The van der Waals surface area contributed by atoms with Gasteiger partial charge in [0.15, 0.2) is 0 Å². The Balaban J connectivity index is 1.75. The molecule has 4 aromatic carbocycles. The fraction of sp³-hybridized carbons (Fsp3) is 0.212. The first-order valence-electron chi connectivity index (χ1n) is 13.7. The van der Waals surface area contributed by atoms with E-state index in [-0.39, 0.29) is 23.8 Å². The lowest BCUT2D eigenvalue weighted by Crippen LogP contribution is -2.53. The number of carbonyl (C=O) groups excluding carboxylic acids is 2. The number of para-hydroxylation sites is 1. The Morgan fingerprint density at radius 2 is 1.24 bits per heavy atom. The van der Waals surface area contributed by atoms with E-state index in [0.29, 0.717) is 12.2 Å². The molecule has 2 amide bonds. The minimum atomic E-state index is -4.09. The van der Waals surface area contributed by atoms with Gasteiger partial charge < -0.3 is 10.2 Å². The largest absolute Gasteiger partial charge is 0.354 e. The summed E-state index contributed by atoms with van der Waals surface area (Å²) in [4.78, 5) is 29.4. The first-order valence-corrected chi connectivity index (χ1v) is 15.1. The molecule has 0 aliphatic heterocycles. The number of sulfonamides is 1. The predicted molar refractivity (Wildman–Crippen MR) is 162 cm³/mol. The Morgan fingerprint density at radius 3 is 1.80 bits per heavy atom. The number of rotatable bonds is 13. The Bertz CT molecular complexity index is 1500. The SMILES string of the molecule is CCCNC(=O)[C@H](Cc1ccccc1)N(Cc1ccccc1)C(=O)CN(c1ccccc1)S(=O)(=O)c1ccccc1. The summed E-state index contributed by atoms with van der Waals surface area (Å²) in [6, 6.07) is 34.7. The van der Waals surface area contributed by atoms with Crippen molar-refractivity contribution in [2.75, 3.05) is 17.4 Å². The van der Waals surface area contributed by atoms with Crippen molar-refractivity contribution in [1.29, 1.82) is 0 Å². The Morgan fingerprint density at radius 1 is 0.732 bits per heavy atom. The van der Waals surface area contributed by atoms with Crippen molar-refractivity contribution >= 4 is 27.5 Å². The number of benzene rings is 4. The summed E-state index contributed by atoms with van der Waals surface area (Å²) in [6.07, 6.45) is 1.03. The zero-order chi connectivity index (χ0) is 29.1. The molecule has 0 fully saturated rings. The number of carbonyl (C=O) groups is 2. The lowest BCUT2D eigenvalue weighted by atomic mass is 10.0. The molecule has 0 radical (unpaired) electrons. The van der Waals surface area contributed by atoms with Gasteiger partial charge in [-0.15, -0.1) is 0 Å². The summed E-state index contributed by atoms with van der Waals surface area (Å²) >= 11 is 0. The van der Waals surface area contributed by atoms with Crippen LogP contribution in [0.2, 0.25) is 0 Å². The van der Waals surface area contributed by atoms with E-state index < -0.39 is 28.5 Å². The van der Waals surface area contributed by atoms with Crippen molar-refractivity contribution in [2.24, 2.45) is 0 Å². The molecular formula is C33H35N3O4S. The van der Waals surface area contributed by atoms with E-state index in [1.807, 2.05) is 67.6 Å². The van der Waals surface area contributed by atoms with Gasteiger partial charge in [0.1, 0.15) is 12.6 Å². The zero-order valence-electron chi connectivity index (χ0n) is 23.1. The molecule has 0 heterocycles. The molecule has 0 saturated heterocycles. The van der Waals surface area contributed by atoms with E-state index in [1.54, 1.807) is 48.5 Å². The molecule has 0 aliphatic rings. The summed E-state index contributed by atoms with van der Waals surface area (Å²) in [7, 11) is -4.09. The molecule has 0 unspecified atom stereocenters. The molecule has 212 valence electrons. The van der Waals surface area contributed by atoms with E-state index >= 15 is 0 Å². The maximum Gasteiger partial charge on any atom is 0.264 e. The van der Waals surface area contributed by atoms with E-state index in [9.17, 15) is 18.0 Å². The van der Waals surface area contributed by atoms with Gasteiger partial charge in [-0.05, 0) is 41.8 Å². The molecule has 1 atom stereocenters. The maximum atomic E-state index is 14.3. The summed E-state index contributed by atoms with van der Waals surface area (Å²) in [6.45, 7) is 2.10. The Kier molecular flexibility index (Phi) is 10.3. The third-order valence-corrected chi connectivity index (χ3v) is 8.46. The van der Waals surface area contributed by atoms with Crippen molar-refractivity contribution in [3.05, 3.63) is 132 Å². The van der Waals surface area contributed by atoms with E-state index in [4.69, 9.17) is 0 Å². The van der Waals surface area contributed by atoms with Gasteiger partial charge in [0.2, 0.25) is 11.8 Å². The molecule has 1 N–H and O–H groups in total. The van der Waals surface area contributed by atoms with Crippen LogP contribution in [0.3, 0.4) is 0 Å². The standard InChI is InChI=1S/C33H35N3O4S/c1-2-23-34-33(38)31(24-27-15-7-3-8-16-27)35(25-28-17-9-4-10-18-28)32(37)26-36(29-19-11-5-12-20-29)41(39,40)30-21-13-6-14-22-30/h3-22,31H,2,23-26H2,1H3,(H,34,38)/t31-/m0/s1. The summed E-state index contributed by atoms with van der Waals surface area (Å²) in [5.74, 6) is -0.762. The molecule has 0 spiro atoms. The monoisotopic (exact) mass is 569 g/mol. The molecule has 0 bridgehead atoms. The first-order chi connectivity index (χ1) is 19.9. The lowest BCUT2D eigenvalue weighted by molar-refractivity contribution is -0.140. The second-order valence-electron chi connectivity index (χ2n) is 9.66. The summed E-state index contributed by atoms with van der Waals surface area (Å²) in [5, 5.41) is 2.95. The van der Waals surface area contributed by atoms with Crippen molar-refractivity contribution < 1.29 is 18.0 Å². The van der Waals surface area contributed by atoms with E-state index in [1.165, 1.54) is 17.0 Å². The molecule has 0 aliphatic carbocycles. The van der Waals surface area contributed by atoms with Crippen LogP contribution in [-0.2, 0) is 32.6 Å². The fourth-order valence-electron chi connectivity index (χ4n) is 4.54. The first kappa shape index (κ1) is 29.6. The van der Waals surface area contributed by atoms with Gasteiger partial charge in [0.25, 0.3) is 10.0 Å². The average molecular weight is 570 g/mol. The van der Waals surface area contributed by atoms with Gasteiger partial charge in [0, 0.05) is 19.5 Å². The van der Waals surface area contributed by atoms with Crippen LogP contribution >= 0.6 is 0 Å². The van der Waals surface area contributed by atoms with Crippen molar-refractivity contribution in [3.63, 3.8) is 0 Å². The van der Waals surface area contributed by atoms with Gasteiger partial charge in [-0.25, -0.2) is 8.42 Å². The lowest BCUT2D eigenvalue weighted by Gasteiger charge is -2.34. The van der Waals surface area contributed by atoms with E-state index in [2.05, 4.69) is 5.32 Å². The molecule has 41 heavy (non-hydrogen) atoms. The van der Waals surface area contributed by atoms with Gasteiger partial charge in [-0.3, -0.25) is 13.9 Å². The van der Waals surface area contributed by atoms with Crippen LogP contribution in [0.25, 0.3) is 0 Å². The van der Waals surface area contributed by atoms with Crippen LogP contribution < -0.4 is 9.62 Å². The van der Waals surface area contributed by atoms with Crippen LogP contribution in [0, 0.1) is 0 Å². The van der Waals surface area contributed by atoms with Gasteiger partial charge in [0.05, 0.1) is 10.6 Å². The van der Waals surface area contributed by atoms with Crippen molar-refractivity contribution in [3.8, 4) is 0 Å². The van der Waals surface area contributed by atoms with Gasteiger partial charge >= 0.3 is 0 Å². The summed E-state index contributed by atoms with van der Waals surface area (Å²) < 4.78 is 28.8. The highest BCUT2D eigenvalue weighted by Crippen LogP contribution is 2.24. The molecule has 8 heteroatoms.